The molecule has 0 bridgehead atoms. The van der Waals surface area contributed by atoms with Crippen LogP contribution in [0.25, 0.3) is 0 Å². The Morgan fingerprint density at radius 2 is 1.81 bits per heavy atom. The third kappa shape index (κ3) is 7.02. The van der Waals surface area contributed by atoms with Gasteiger partial charge in [0.05, 0.1) is 5.02 Å². The van der Waals surface area contributed by atoms with Crippen LogP contribution in [0, 0.1) is 5.82 Å². The first kappa shape index (κ1) is 22.1. The average molecular weight is 442 g/mol. The molecular weight excluding hydrogens is 421 g/mol. The lowest BCUT2D eigenvalue weighted by atomic mass is 10.3. The zero-order chi connectivity index (χ0) is 22.2. The van der Waals surface area contributed by atoms with Crippen LogP contribution in [0.2, 0.25) is 5.02 Å². The zero-order valence-electron chi connectivity index (χ0n) is 16.9. The molecule has 0 saturated carbocycles. The van der Waals surface area contributed by atoms with Crippen LogP contribution in [0.3, 0.4) is 0 Å². The monoisotopic (exact) mass is 441 g/mol. The van der Waals surface area contributed by atoms with Gasteiger partial charge in [-0.25, -0.2) is 19.3 Å². The van der Waals surface area contributed by atoms with Crippen LogP contribution in [0.5, 0.6) is 0 Å². The molecule has 0 aliphatic carbocycles. The van der Waals surface area contributed by atoms with Crippen molar-refractivity contribution in [3.05, 3.63) is 71.8 Å². The Labute approximate surface area is 184 Å². The van der Waals surface area contributed by atoms with Gasteiger partial charge in [0.25, 0.3) is 0 Å². The van der Waals surface area contributed by atoms with Gasteiger partial charge in [-0.1, -0.05) is 23.7 Å². The molecule has 2 heterocycles. The molecule has 2 aromatic heterocycles. The van der Waals surface area contributed by atoms with E-state index in [-0.39, 0.29) is 10.9 Å². The summed E-state index contributed by atoms with van der Waals surface area (Å²) in [6, 6.07) is 11.1. The summed E-state index contributed by atoms with van der Waals surface area (Å²) in [5.74, 6) is 1.09. The Morgan fingerprint density at radius 1 is 1.06 bits per heavy atom. The van der Waals surface area contributed by atoms with E-state index in [1.807, 2.05) is 19.0 Å². The van der Waals surface area contributed by atoms with Crippen molar-refractivity contribution in [1.82, 2.24) is 19.9 Å². The average Bonchev–Trinajstić information content (AvgIpc) is 2.71. The lowest BCUT2D eigenvalue weighted by molar-refractivity contribution is -0.111. The Bertz CT molecular complexity index is 1090. The van der Waals surface area contributed by atoms with Crippen LogP contribution >= 0.6 is 11.6 Å². The number of anilines is 5. The van der Waals surface area contributed by atoms with Crippen LogP contribution in [0.1, 0.15) is 0 Å². The van der Waals surface area contributed by atoms with Crippen molar-refractivity contribution in [3.63, 3.8) is 0 Å². The fourth-order valence-corrected chi connectivity index (χ4v) is 2.64. The molecule has 0 spiro atoms. The second kappa shape index (κ2) is 10.5. The summed E-state index contributed by atoms with van der Waals surface area (Å²) in [5, 5.41) is 8.81. The van der Waals surface area contributed by atoms with Crippen LogP contribution in [0.15, 0.2) is 60.9 Å². The van der Waals surface area contributed by atoms with Gasteiger partial charge in [-0.3, -0.25) is 4.79 Å². The highest BCUT2D eigenvalue weighted by molar-refractivity contribution is 6.31. The molecule has 3 rings (SSSR count). The number of hydrogen-bond acceptors (Lipinski definition) is 7. The normalized spacial score (nSPS) is 11.0. The maximum atomic E-state index is 13.3. The summed E-state index contributed by atoms with van der Waals surface area (Å²) in [6.07, 6.45) is 4.60. The van der Waals surface area contributed by atoms with E-state index in [9.17, 15) is 9.18 Å². The summed E-state index contributed by atoms with van der Waals surface area (Å²) < 4.78 is 13.3. The van der Waals surface area contributed by atoms with Crippen LogP contribution < -0.4 is 16.0 Å². The number of rotatable bonds is 8. The number of nitrogens with zero attached hydrogens (tertiary/aromatic N) is 4. The van der Waals surface area contributed by atoms with Gasteiger partial charge >= 0.3 is 0 Å². The van der Waals surface area contributed by atoms with Crippen molar-refractivity contribution in [2.45, 2.75) is 0 Å². The molecule has 0 atom stereocenters. The number of hydrogen-bond donors (Lipinski definition) is 3. The topological polar surface area (TPSA) is 95.1 Å². The molecule has 0 fully saturated rings. The van der Waals surface area contributed by atoms with Crippen molar-refractivity contribution in [2.75, 3.05) is 36.6 Å². The highest BCUT2D eigenvalue weighted by atomic mass is 35.5. The lowest BCUT2D eigenvalue weighted by Gasteiger charge is -2.10. The fourth-order valence-electron chi connectivity index (χ4n) is 2.46. The van der Waals surface area contributed by atoms with E-state index < -0.39 is 5.82 Å². The first-order chi connectivity index (χ1) is 14.9. The van der Waals surface area contributed by atoms with Crippen molar-refractivity contribution in [2.24, 2.45) is 0 Å². The molecule has 0 radical (unpaired) electrons. The van der Waals surface area contributed by atoms with Crippen molar-refractivity contribution >= 4 is 46.5 Å². The molecule has 3 aromatic rings. The van der Waals surface area contributed by atoms with Gasteiger partial charge in [-0.15, -0.1) is 0 Å². The third-order valence-corrected chi connectivity index (χ3v) is 4.15. The van der Waals surface area contributed by atoms with Gasteiger partial charge in [0, 0.05) is 24.4 Å². The van der Waals surface area contributed by atoms with E-state index in [0.29, 0.717) is 35.5 Å². The number of likely N-dealkylation sites (N-methyl/N-ethyl adjacent to an activating group) is 1. The Morgan fingerprint density at radius 3 is 2.55 bits per heavy atom. The maximum absolute atomic E-state index is 13.3. The first-order valence-electron chi connectivity index (χ1n) is 9.29. The second-order valence-corrected chi connectivity index (χ2v) is 7.14. The molecule has 8 nitrogen and oxygen atoms in total. The minimum atomic E-state index is -0.497. The van der Waals surface area contributed by atoms with E-state index in [1.165, 1.54) is 24.5 Å². The maximum Gasteiger partial charge on any atom is 0.249 e. The quantitative estimate of drug-likeness (QED) is 0.451. The molecule has 0 aliphatic rings. The molecule has 31 heavy (non-hydrogen) atoms. The summed E-state index contributed by atoms with van der Waals surface area (Å²) in [5.41, 5.74) is 0.584. The van der Waals surface area contributed by atoms with E-state index in [2.05, 4.69) is 30.9 Å². The number of nitrogens with one attached hydrogen (secondary N) is 3. The number of pyridine rings is 1. The van der Waals surface area contributed by atoms with Crippen molar-refractivity contribution < 1.29 is 9.18 Å². The van der Waals surface area contributed by atoms with Gasteiger partial charge in [0.1, 0.15) is 35.4 Å². The minimum Gasteiger partial charge on any atom is -0.340 e. The largest absolute Gasteiger partial charge is 0.340 e. The first-order valence-corrected chi connectivity index (χ1v) is 9.67. The van der Waals surface area contributed by atoms with Gasteiger partial charge in [0.2, 0.25) is 5.91 Å². The second-order valence-electron chi connectivity index (χ2n) is 6.73. The SMILES string of the molecule is CN(C)CC=CC(=O)Nc1cccc(Nc2cc(Nc3ccc(F)c(Cl)c3)ncn2)n1. The standard InChI is InChI=1S/C21H21ClFN7O/c1-30(2)10-4-7-21(31)29-18-6-3-5-17(27-18)28-20-12-19(24-13-25-20)26-14-8-9-16(23)15(22)11-14/h3-9,11-13H,10H2,1-2H3,(H3,24,25,26,27,28,29,31). The van der Waals surface area contributed by atoms with Crippen LogP contribution in [-0.2, 0) is 4.79 Å². The number of amides is 1. The number of carbonyl (C=O) groups excluding carboxylic acids is 1. The molecule has 0 saturated heterocycles. The number of aromatic nitrogens is 3. The molecule has 0 unspecified atom stereocenters. The smallest absolute Gasteiger partial charge is 0.249 e. The summed E-state index contributed by atoms with van der Waals surface area (Å²) in [4.78, 5) is 26.6. The minimum absolute atomic E-state index is 0.0111. The molecule has 10 heteroatoms. The van der Waals surface area contributed by atoms with Gasteiger partial charge in [-0.2, -0.15) is 0 Å². The van der Waals surface area contributed by atoms with Crippen LogP contribution in [0.4, 0.5) is 33.3 Å². The summed E-state index contributed by atoms with van der Waals surface area (Å²) >= 11 is 5.81. The molecule has 3 N–H and O–H groups in total. The van der Waals surface area contributed by atoms with Gasteiger partial charge < -0.3 is 20.9 Å². The van der Waals surface area contributed by atoms with E-state index in [4.69, 9.17) is 11.6 Å². The predicted octanol–water partition coefficient (Wildman–Crippen LogP) is 4.21. The van der Waals surface area contributed by atoms with E-state index in [1.54, 1.807) is 36.4 Å². The Balaban J connectivity index is 1.65. The molecule has 0 aliphatic heterocycles. The fraction of sp³-hybridized carbons (Fsp3) is 0.143. The lowest BCUT2D eigenvalue weighted by Crippen LogP contribution is -2.13. The molecule has 1 aromatic carbocycles. The zero-order valence-corrected chi connectivity index (χ0v) is 17.7. The Kier molecular flexibility index (Phi) is 7.47. The molecule has 1 amide bonds. The molecular formula is C21H21ClFN7O. The number of benzene rings is 1. The van der Waals surface area contributed by atoms with Crippen LogP contribution in [-0.4, -0.2) is 46.4 Å². The number of halogens is 2. The van der Waals surface area contributed by atoms with Gasteiger partial charge in [0.15, 0.2) is 0 Å². The Hall–Kier alpha value is -3.56. The predicted molar refractivity (Wildman–Crippen MR) is 121 cm³/mol. The van der Waals surface area contributed by atoms with Crippen molar-refractivity contribution in [3.8, 4) is 0 Å². The highest BCUT2D eigenvalue weighted by Gasteiger charge is 2.05. The van der Waals surface area contributed by atoms with E-state index >= 15 is 0 Å². The summed E-state index contributed by atoms with van der Waals surface area (Å²) in [7, 11) is 3.84. The molecule has 160 valence electrons. The summed E-state index contributed by atoms with van der Waals surface area (Å²) in [6.45, 7) is 0.663. The van der Waals surface area contributed by atoms with E-state index in [0.717, 1.165) is 0 Å². The number of carbonyl (C=O) groups is 1. The highest BCUT2D eigenvalue weighted by Crippen LogP contribution is 2.23. The van der Waals surface area contributed by atoms with Crippen molar-refractivity contribution in [1.29, 1.82) is 0 Å². The third-order valence-electron chi connectivity index (χ3n) is 3.86. The van der Waals surface area contributed by atoms with Gasteiger partial charge in [-0.05, 0) is 44.4 Å².